The van der Waals surface area contributed by atoms with Gasteiger partial charge in [0.05, 0.1) is 34.8 Å². The smallest absolute Gasteiger partial charge is 0.256 e. The Morgan fingerprint density at radius 1 is 0.838 bits per heavy atom. The normalized spacial score (nSPS) is 16.1. The topological polar surface area (TPSA) is 102 Å². The Balaban J connectivity index is 1.40. The first-order valence-electron chi connectivity index (χ1n) is 12.6. The molecule has 0 bridgehead atoms. The molecule has 4 heterocycles. The van der Waals surface area contributed by atoms with Gasteiger partial charge in [-0.05, 0) is 29.8 Å². The number of piperazine rings is 2. The number of benzene rings is 2. The van der Waals surface area contributed by atoms with Gasteiger partial charge in [0.1, 0.15) is 0 Å². The van der Waals surface area contributed by atoms with Gasteiger partial charge in [-0.1, -0.05) is 18.2 Å². The van der Waals surface area contributed by atoms with Crippen molar-refractivity contribution in [3.8, 4) is 28.5 Å². The maximum absolute atomic E-state index is 13.5. The van der Waals surface area contributed by atoms with E-state index in [0.717, 1.165) is 86.0 Å². The molecule has 2 aliphatic rings. The molecule has 9 nitrogen and oxygen atoms in total. The monoisotopic (exact) mass is 492 g/mol. The van der Waals surface area contributed by atoms with Crippen LogP contribution in [0.5, 0.6) is 0 Å². The van der Waals surface area contributed by atoms with E-state index in [4.69, 9.17) is 5.26 Å². The number of hydrogen-bond acceptors (Lipinski definition) is 7. The highest BCUT2D eigenvalue weighted by molar-refractivity contribution is 6.01. The molecule has 0 unspecified atom stereocenters. The van der Waals surface area contributed by atoms with Gasteiger partial charge < -0.3 is 20.4 Å². The van der Waals surface area contributed by atoms with Crippen LogP contribution in [0.1, 0.15) is 15.9 Å². The third-order valence-electron chi connectivity index (χ3n) is 7.10. The second kappa shape index (κ2) is 10.0. The van der Waals surface area contributed by atoms with Gasteiger partial charge in [0.25, 0.3) is 5.91 Å². The number of carbonyl (C=O) groups is 1. The third kappa shape index (κ3) is 4.53. The molecule has 0 aliphatic carbocycles. The second-order valence-electron chi connectivity index (χ2n) is 9.36. The van der Waals surface area contributed by atoms with E-state index >= 15 is 0 Å². The van der Waals surface area contributed by atoms with E-state index in [1.165, 1.54) is 0 Å². The fourth-order valence-electron chi connectivity index (χ4n) is 5.05. The van der Waals surface area contributed by atoms with Crippen molar-refractivity contribution in [1.82, 2.24) is 29.9 Å². The molecule has 2 aromatic carbocycles. The third-order valence-corrected chi connectivity index (χ3v) is 7.10. The number of anilines is 1. The summed E-state index contributed by atoms with van der Waals surface area (Å²) in [6.07, 6.45) is 5.67. The Hall–Kier alpha value is -4.26. The van der Waals surface area contributed by atoms with Crippen LogP contribution in [0.25, 0.3) is 28.2 Å². The van der Waals surface area contributed by atoms with Crippen LogP contribution >= 0.6 is 0 Å². The molecular weight excluding hydrogens is 464 g/mol. The van der Waals surface area contributed by atoms with Gasteiger partial charge in [0.2, 0.25) is 5.78 Å². The molecule has 4 aromatic rings. The fourth-order valence-corrected chi connectivity index (χ4v) is 5.05. The summed E-state index contributed by atoms with van der Waals surface area (Å²) in [6.45, 7) is 6.58. The molecular formula is C28H28N8O. The minimum Gasteiger partial charge on any atom is -0.368 e. The van der Waals surface area contributed by atoms with Crippen molar-refractivity contribution in [3.63, 3.8) is 0 Å². The lowest BCUT2D eigenvalue weighted by Gasteiger charge is -2.33. The fraction of sp³-hybridized carbons (Fsp3) is 0.286. The van der Waals surface area contributed by atoms with Gasteiger partial charge in [0, 0.05) is 75.9 Å². The molecule has 0 spiro atoms. The van der Waals surface area contributed by atoms with Crippen molar-refractivity contribution in [2.75, 3.05) is 57.3 Å². The van der Waals surface area contributed by atoms with Crippen LogP contribution < -0.4 is 15.5 Å². The van der Waals surface area contributed by atoms with Crippen LogP contribution in [-0.2, 0) is 0 Å². The Kier molecular flexibility index (Phi) is 6.26. The Morgan fingerprint density at radius 2 is 1.51 bits per heavy atom. The van der Waals surface area contributed by atoms with Crippen LogP contribution in [0.4, 0.5) is 5.69 Å². The summed E-state index contributed by atoms with van der Waals surface area (Å²) in [7, 11) is 0. The summed E-state index contributed by atoms with van der Waals surface area (Å²) in [5, 5.41) is 15.9. The first kappa shape index (κ1) is 23.2. The predicted octanol–water partition coefficient (Wildman–Crippen LogP) is 2.39. The van der Waals surface area contributed by atoms with E-state index in [1.54, 1.807) is 18.3 Å². The van der Waals surface area contributed by atoms with Crippen LogP contribution in [-0.4, -0.2) is 77.5 Å². The summed E-state index contributed by atoms with van der Waals surface area (Å²) < 4.78 is 1.97. The summed E-state index contributed by atoms with van der Waals surface area (Å²) in [5.74, 6) is 0.698. The van der Waals surface area contributed by atoms with E-state index < -0.39 is 0 Å². The van der Waals surface area contributed by atoms with Gasteiger partial charge >= 0.3 is 0 Å². The molecule has 6 rings (SSSR count). The van der Waals surface area contributed by atoms with Crippen LogP contribution in [0.3, 0.4) is 0 Å². The van der Waals surface area contributed by atoms with Gasteiger partial charge in [-0.3, -0.25) is 9.20 Å². The van der Waals surface area contributed by atoms with Crippen molar-refractivity contribution >= 4 is 17.4 Å². The van der Waals surface area contributed by atoms with Crippen molar-refractivity contribution in [2.45, 2.75) is 0 Å². The summed E-state index contributed by atoms with van der Waals surface area (Å²) in [5.41, 5.74) is 6.15. The molecule has 2 fully saturated rings. The van der Waals surface area contributed by atoms with Crippen molar-refractivity contribution in [1.29, 1.82) is 5.26 Å². The average Bonchev–Trinajstić information content (AvgIpc) is 3.41. The van der Waals surface area contributed by atoms with Crippen LogP contribution in [0.15, 0.2) is 61.1 Å². The number of aromatic nitrogens is 3. The number of amides is 1. The van der Waals surface area contributed by atoms with E-state index in [1.807, 2.05) is 46.0 Å². The largest absolute Gasteiger partial charge is 0.368 e. The number of nitrogens with zero attached hydrogens (tertiary/aromatic N) is 6. The SMILES string of the molecule is N#Cc1ccc(-c2cnc3ncc(-c4ccc(C(=O)N5CCNCC5)c(N5CCNCC5)c4)cn23)cc1. The number of nitriles is 1. The minimum absolute atomic E-state index is 0.0906. The molecule has 186 valence electrons. The standard InChI is InChI=1S/C28H28N8O/c29-16-20-1-3-21(4-2-20)26-18-33-28-32-17-23(19-36(26)28)22-5-6-24(27(37)35-13-9-31-10-14-35)25(15-22)34-11-7-30-8-12-34/h1-6,15,17-19,30-31H,7-14H2. The first-order chi connectivity index (χ1) is 18.2. The molecule has 2 aromatic heterocycles. The molecule has 0 saturated carbocycles. The zero-order valence-corrected chi connectivity index (χ0v) is 20.5. The highest BCUT2D eigenvalue weighted by Gasteiger charge is 2.24. The molecule has 37 heavy (non-hydrogen) atoms. The van der Waals surface area contributed by atoms with Crippen molar-refractivity contribution < 1.29 is 4.79 Å². The van der Waals surface area contributed by atoms with Crippen molar-refractivity contribution in [2.24, 2.45) is 0 Å². The lowest BCUT2D eigenvalue weighted by atomic mass is 10.0. The lowest BCUT2D eigenvalue weighted by Crippen LogP contribution is -2.47. The zero-order chi connectivity index (χ0) is 25.2. The highest BCUT2D eigenvalue weighted by Crippen LogP contribution is 2.31. The van der Waals surface area contributed by atoms with E-state index in [0.29, 0.717) is 11.3 Å². The predicted molar refractivity (Wildman–Crippen MR) is 142 cm³/mol. The number of hydrogen-bond donors (Lipinski definition) is 2. The van der Waals surface area contributed by atoms with Crippen LogP contribution in [0, 0.1) is 11.3 Å². The highest BCUT2D eigenvalue weighted by atomic mass is 16.2. The van der Waals surface area contributed by atoms with Gasteiger partial charge in [-0.15, -0.1) is 0 Å². The number of fused-ring (bicyclic) bond motifs is 1. The number of carbonyl (C=O) groups excluding carboxylic acids is 1. The molecule has 2 N–H and O–H groups in total. The first-order valence-corrected chi connectivity index (χ1v) is 12.6. The summed E-state index contributed by atoms with van der Waals surface area (Å²) in [4.78, 5) is 26.8. The van der Waals surface area contributed by atoms with Gasteiger partial charge in [-0.25, -0.2) is 9.97 Å². The molecule has 9 heteroatoms. The number of rotatable bonds is 4. The maximum atomic E-state index is 13.5. The Labute approximate surface area is 215 Å². The second-order valence-corrected chi connectivity index (χ2v) is 9.36. The summed E-state index contributed by atoms with van der Waals surface area (Å²) >= 11 is 0. The van der Waals surface area contributed by atoms with Gasteiger partial charge in [-0.2, -0.15) is 5.26 Å². The Morgan fingerprint density at radius 3 is 2.24 bits per heavy atom. The number of imidazole rings is 1. The van der Waals surface area contributed by atoms with Gasteiger partial charge in [0.15, 0.2) is 0 Å². The van der Waals surface area contributed by atoms with Crippen molar-refractivity contribution in [3.05, 3.63) is 72.2 Å². The van der Waals surface area contributed by atoms with E-state index in [9.17, 15) is 4.79 Å². The molecule has 2 saturated heterocycles. The maximum Gasteiger partial charge on any atom is 0.256 e. The minimum atomic E-state index is 0.0906. The zero-order valence-electron chi connectivity index (χ0n) is 20.5. The summed E-state index contributed by atoms with van der Waals surface area (Å²) in [6, 6.07) is 15.7. The molecule has 2 aliphatic heterocycles. The molecule has 0 atom stereocenters. The lowest BCUT2D eigenvalue weighted by molar-refractivity contribution is 0.0736. The van der Waals surface area contributed by atoms with E-state index in [2.05, 4.69) is 37.6 Å². The average molecular weight is 493 g/mol. The quantitative estimate of drug-likeness (QED) is 0.451. The molecule has 1 amide bonds. The van der Waals surface area contributed by atoms with Crippen LogP contribution in [0.2, 0.25) is 0 Å². The Bertz CT molecular complexity index is 1470. The number of nitrogens with one attached hydrogen (secondary N) is 2. The molecule has 0 radical (unpaired) electrons. The van der Waals surface area contributed by atoms with E-state index in [-0.39, 0.29) is 5.91 Å².